The SMILES string of the molecule is Cc1ccc(S(=O)(=O)N2c3ccc(C(O)(C(C)(C)F)C(C)(F)F)cc3CCC2CC(=O)N2CCOCC2CO)cc1. The van der Waals surface area contributed by atoms with E-state index in [2.05, 4.69) is 0 Å². The highest BCUT2D eigenvalue weighted by atomic mass is 32.2. The zero-order valence-corrected chi connectivity index (χ0v) is 24.4. The number of hydrogen-bond acceptors (Lipinski definition) is 6. The van der Waals surface area contributed by atoms with Crippen LogP contribution < -0.4 is 4.31 Å². The van der Waals surface area contributed by atoms with E-state index in [1.807, 2.05) is 6.92 Å². The van der Waals surface area contributed by atoms with E-state index >= 15 is 4.39 Å². The molecular weight excluding hydrogens is 561 g/mol. The zero-order chi connectivity index (χ0) is 30.4. The van der Waals surface area contributed by atoms with Crippen molar-refractivity contribution in [2.24, 2.45) is 0 Å². The van der Waals surface area contributed by atoms with Crippen LogP contribution in [0.25, 0.3) is 0 Å². The summed E-state index contributed by atoms with van der Waals surface area (Å²) in [6, 6.07) is 8.47. The molecule has 2 aromatic carbocycles. The van der Waals surface area contributed by atoms with Crippen LogP contribution in [0.5, 0.6) is 0 Å². The van der Waals surface area contributed by atoms with Gasteiger partial charge in [0.2, 0.25) is 5.91 Å². The van der Waals surface area contributed by atoms with Crippen molar-refractivity contribution >= 4 is 21.6 Å². The fourth-order valence-electron chi connectivity index (χ4n) is 5.77. The van der Waals surface area contributed by atoms with Gasteiger partial charge in [-0.25, -0.2) is 21.6 Å². The molecule has 2 heterocycles. The Kier molecular flexibility index (Phi) is 8.54. The number of ether oxygens (including phenoxy) is 1. The van der Waals surface area contributed by atoms with Crippen LogP contribution in [0.4, 0.5) is 18.9 Å². The molecule has 1 saturated heterocycles. The second-order valence-electron chi connectivity index (χ2n) is 11.4. The summed E-state index contributed by atoms with van der Waals surface area (Å²) in [6.45, 7) is 4.39. The number of hydrogen-bond donors (Lipinski definition) is 2. The Bertz CT molecular complexity index is 1360. The molecule has 2 N–H and O–H groups in total. The van der Waals surface area contributed by atoms with Crippen LogP contribution in [0.2, 0.25) is 0 Å². The van der Waals surface area contributed by atoms with Crippen molar-refractivity contribution in [3.05, 3.63) is 59.2 Å². The molecule has 4 rings (SSSR count). The van der Waals surface area contributed by atoms with Gasteiger partial charge in [0.25, 0.3) is 15.9 Å². The molecule has 8 nitrogen and oxygen atoms in total. The predicted molar refractivity (Wildman–Crippen MR) is 147 cm³/mol. The molecule has 41 heavy (non-hydrogen) atoms. The number of morpholine rings is 1. The van der Waals surface area contributed by atoms with Gasteiger partial charge in [-0.3, -0.25) is 9.10 Å². The van der Waals surface area contributed by atoms with E-state index in [0.717, 1.165) is 29.8 Å². The number of aryl methyl sites for hydroxylation is 2. The van der Waals surface area contributed by atoms with Crippen LogP contribution in [0.15, 0.2) is 47.4 Å². The average molecular weight is 599 g/mol. The lowest BCUT2D eigenvalue weighted by Crippen LogP contribution is -2.56. The summed E-state index contributed by atoms with van der Waals surface area (Å²) in [7, 11) is -4.24. The van der Waals surface area contributed by atoms with Crippen LogP contribution in [0.1, 0.15) is 50.3 Å². The van der Waals surface area contributed by atoms with Crippen LogP contribution in [-0.4, -0.2) is 79.5 Å². The molecule has 3 atom stereocenters. The van der Waals surface area contributed by atoms with Gasteiger partial charge < -0.3 is 19.8 Å². The van der Waals surface area contributed by atoms with E-state index < -0.39 is 39.3 Å². The number of alkyl halides is 3. The molecule has 0 spiro atoms. The Labute approximate surface area is 238 Å². The van der Waals surface area contributed by atoms with Crippen molar-refractivity contribution < 1.29 is 41.3 Å². The summed E-state index contributed by atoms with van der Waals surface area (Å²) in [5.74, 6) is -4.21. The van der Waals surface area contributed by atoms with Crippen LogP contribution in [-0.2, 0) is 31.6 Å². The summed E-state index contributed by atoms with van der Waals surface area (Å²) >= 11 is 0. The number of anilines is 1. The van der Waals surface area contributed by atoms with Crippen LogP contribution in [0, 0.1) is 6.92 Å². The van der Waals surface area contributed by atoms with E-state index in [1.54, 1.807) is 12.1 Å². The Morgan fingerprint density at radius 3 is 2.32 bits per heavy atom. The Balaban J connectivity index is 1.80. The monoisotopic (exact) mass is 598 g/mol. The summed E-state index contributed by atoms with van der Waals surface area (Å²) in [6.07, 6.45) is 0.185. The maximum Gasteiger partial charge on any atom is 0.280 e. The highest BCUT2D eigenvalue weighted by Gasteiger charge is 2.60. The lowest BCUT2D eigenvalue weighted by molar-refractivity contribution is -0.234. The molecule has 12 heteroatoms. The molecule has 226 valence electrons. The van der Waals surface area contributed by atoms with Gasteiger partial charge in [0.15, 0.2) is 5.60 Å². The fourth-order valence-corrected chi connectivity index (χ4v) is 7.48. The minimum Gasteiger partial charge on any atom is -0.394 e. The first-order valence-electron chi connectivity index (χ1n) is 13.5. The lowest BCUT2D eigenvalue weighted by atomic mass is 9.75. The zero-order valence-electron chi connectivity index (χ0n) is 23.6. The van der Waals surface area contributed by atoms with Crippen molar-refractivity contribution in [1.29, 1.82) is 0 Å². The van der Waals surface area contributed by atoms with E-state index in [0.29, 0.717) is 19.1 Å². The highest BCUT2D eigenvalue weighted by Crippen LogP contribution is 2.49. The first-order valence-corrected chi connectivity index (χ1v) is 15.0. The fraction of sp³-hybridized carbons (Fsp3) is 0.552. The summed E-state index contributed by atoms with van der Waals surface area (Å²) < 4.78 is 79.1. The number of benzene rings is 2. The summed E-state index contributed by atoms with van der Waals surface area (Å²) in [5.41, 5.74) is -4.96. The number of rotatable bonds is 8. The number of amides is 1. The number of aliphatic hydroxyl groups is 2. The maximum absolute atomic E-state index is 15.1. The molecule has 2 aliphatic rings. The second kappa shape index (κ2) is 11.2. The minimum atomic E-state index is -4.24. The van der Waals surface area contributed by atoms with Gasteiger partial charge in [-0.05, 0) is 62.9 Å². The number of carbonyl (C=O) groups excluding carboxylic acids is 1. The van der Waals surface area contributed by atoms with Gasteiger partial charge in [0.1, 0.15) is 5.67 Å². The smallest absolute Gasteiger partial charge is 0.280 e. The average Bonchev–Trinajstić information content (AvgIpc) is 2.90. The topological polar surface area (TPSA) is 107 Å². The first kappa shape index (κ1) is 31.3. The third kappa shape index (κ3) is 5.71. The van der Waals surface area contributed by atoms with E-state index in [-0.39, 0.29) is 61.1 Å². The third-order valence-electron chi connectivity index (χ3n) is 8.06. The third-order valence-corrected chi connectivity index (χ3v) is 9.94. The summed E-state index contributed by atoms with van der Waals surface area (Å²) in [4.78, 5) is 14.9. The molecular formula is C29H37F3N2O6S. The van der Waals surface area contributed by atoms with Crippen molar-refractivity contribution in [2.45, 2.75) is 81.1 Å². The molecule has 1 fully saturated rings. The number of aliphatic hydroxyl groups excluding tert-OH is 1. The van der Waals surface area contributed by atoms with Gasteiger partial charge >= 0.3 is 0 Å². The van der Waals surface area contributed by atoms with E-state index in [9.17, 15) is 32.2 Å². The van der Waals surface area contributed by atoms with Gasteiger partial charge in [0, 0.05) is 19.9 Å². The molecule has 0 aromatic heterocycles. The van der Waals surface area contributed by atoms with Gasteiger partial charge in [-0.1, -0.05) is 29.8 Å². The normalized spacial score (nSPS) is 21.8. The summed E-state index contributed by atoms with van der Waals surface area (Å²) in [5, 5.41) is 20.7. The maximum atomic E-state index is 15.1. The molecule has 1 amide bonds. The van der Waals surface area contributed by atoms with E-state index in [1.165, 1.54) is 29.2 Å². The van der Waals surface area contributed by atoms with Crippen LogP contribution >= 0.6 is 0 Å². The molecule has 2 aliphatic heterocycles. The van der Waals surface area contributed by atoms with Crippen molar-refractivity contribution in [2.75, 3.05) is 30.7 Å². The second-order valence-corrected chi connectivity index (χ2v) is 13.2. The van der Waals surface area contributed by atoms with Crippen molar-refractivity contribution in [1.82, 2.24) is 4.90 Å². The minimum absolute atomic E-state index is 0.0152. The Morgan fingerprint density at radius 1 is 1.07 bits per heavy atom. The molecule has 0 aliphatic carbocycles. The lowest BCUT2D eigenvalue weighted by Gasteiger charge is -2.43. The molecule has 0 saturated carbocycles. The largest absolute Gasteiger partial charge is 0.394 e. The highest BCUT2D eigenvalue weighted by molar-refractivity contribution is 7.92. The van der Waals surface area contributed by atoms with E-state index in [4.69, 9.17) is 4.74 Å². The molecule has 0 bridgehead atoms. The van der Waals surface area contributed by atoms with Crippen LogP contribution in [0.3, 0.4) is 0 Å². The van der Waals surface area contributed by atoms with Gasteiger partial charge in [-0.2, -0.15) is 0 Å². The van der Waals surface area contributed by atoms with Crippen molar-refractivity contribution in [3.8, 4) is 0 Å². The molecule has 2 aromatic rings. The van der Waals surface area contributed by atoms with Gasteiger partial charge in [0.05, 0.1) is 42.5 Å². The predicted octanol–water partition coefficient (Wildman–Crippen LogP) is 3.71. The number of nitrogens with zero attached hydrogens (tertiary/aromatic N) is 2. The first-order chi connectivity index (χ1) is 19.0. The number of sulfonamides is 1. The Morgan fingerprint density at radius 2 is 1.73 bits per heavy atom. The standard InChI is InChI=1S/C29H37F3N2O6S/c1-19-5-10-24(11-6-19)41(38,39)34-22(16-26(36)33-13-14-40-18-23(33)17-35)9-7-20-15-21(8-12-25(20)34)29(37,27(2,3)30)28(4,31)32/h5-6,8,10-12,15,22-23,35,37H,7,9,13-14,16-18H2,1-4H3. The Hall–Kier alpha value is -2.67. The van der Waals surface area contributed by atoms with Crippen molar-refractivity contribution in [3.63, 3.8) is 0 Å². The quantitative estimate of drug-likeness (QED) is 0.480. The molecule has 0 radical (unpaired) electrons. The number of fused-ring (bicyclic) bond motifs is 1. The number of halogens is 3. The number of carbonyl (C=O) groups is 1. The molecule has 3 unspecified atom stereocenters. The van der Waals surface area contributed by atoms with Gasteiger partial charge in [-0.15, -0.1) is 0 Å².